The lowest BCUT2D eigenvalue weighted by Gasteiger charge is -2.17. The summed E-state index contributed by atoms with van der Waals surface area (Å²) in [5, 5.41) is 2.69. The second-order valence-electron chi connectivity index (χ2n) is 5.43. The quantitative estimate of drug-likeness (QED) is 0.944. The van der Waals surface area contributed by atoms with Crippen LogP contribution in [-0.4, -0.2) is 24.5 Å². The summed E-state index contributed by atoms with van der Waals surface area (Å²) >= 11 is 0. The molecule has 2 amide bonds. The summed E-state index contributed by atoms with van der Waals surface area (Å²) in [6, 6.07) is 16.6. The molecule has 0 spiro atoms. The van der Waals surface area contributed by atoms with Gasteiger partial charge in [-0.25, -0.2) is 0 Å². The monoisotopic (exact) mass is 310 g/mol. The van der Waals surface area contributed by atoms with Gasteiger partial charge in [0.05, 0.1) is 0 Å². The fraction of sp³-hybridized carbons (Fsp3) is 0.222. The fourth-order valence-corrected chi connectivity index (χ4v) is 2.61. The summed E-state index contributed by atoms with van der Waals surface area (Å²) in [4.78, 5) is 25.2. The maximum Gasteiger partial charge on any atom is 0.268 e. The average Bonchev–Trinajstić information content (AvgIpc) is 2.91. The van der Waals surface area contributed by atoms with Crippen LogP contribution in [0.3, 0.4) is 0 Å². The number of hydrogen-bond donors (Lipinski definition) is 1. The molecule has 1 heterocycles. The minimum atomic E-state index is -0.471. The van der Waals surface area contributed by atoms with Crippen molar-refractivity contribution in [2.45, 2.75) is 19.4 Å². The standard InChI is InChI=1S/C18H18N2O3/c1-13(21)19-14-7-9-16(10-8-14)23-17-11-12-20(18(17)22)15-5-3-2-4-6-15/h2-10,17H,11-12H2,1H3,(H,19,21)/t17-/m1/s1. The van der Waals surface area contributed by atoms with E-state index in [0.29, 0.717) is 24.4 Å². The maximum absolute atomic E-state index is 12.5. The van der Waals surface area contributed by atoms with Crippen LogP contribution in [0, 0.1) is 0 Å². The molecule has 1 N–H and O–H groups in total. The van der Waals surface area contributed by atoms with Crippen LogP contribution >= 0.6 is 0 Å². The Kier molecular flexibility index (Phi) is 4.28. The molecule has 2 aromatic carbocycles. The number of carbonyl (C=O) groups is 2. The third-order valence-electron chi connectivity index (χ3n) is 3.68. The highest BCUT2D eigenvalue weighted by Crippen LogP contribution is 2.25. The van der Waals surface area contributed by atoms with E-state index < -0.39 is 6.10 Å². The number of rotatable bonds is 4. The molecule has 2 aromatic rings. The molecule has 0 aliphatic carbocycles. The van der Waals surface area contributed by atoms with Gasteiger partial charge in [-0.2, -0.15) is 0 Å². The lowest BCUT2D eigenvalue weighted by molar-refractivity contribution is -0.122. The normalized spacial score (nSPS) is 17.2. The van der Waals surface area contributed by atoms with Crippen LogP contribution in [-0.2, 0) is 9.59 Å². The van der Waals surface area contributed by atoms with Crippen LogP contribution in [0.25, 0.3) is 0 Å². The Hall–Kier alpha value is -2.82. The molecule has 1 saturated heterocycles. The van der Waals surface area contributed by atoms with Crippen molar-refractivity contribution in [3.05, 3.63) is 54.6 Å². The molecule has 23 heavy (non-hydrogen) atoms. The number of ether oxygens (including phenoxy) is 1. The van der Waals surface area contributed by atoms with Crippen LogP contribution in [0.15, 0.2) is 54.6 Å². The highest BCUT2D eigenvalue weighted by Gasteiger charge is 2.34. The van der Waals surface area contributed by atoms with Crippen molar-refractivity contribution >= 4 is 23.2 Å². The van der Waals surface area contributed by atoms with Crippen molar-refractivity contribution in [2.24, 2.45) is 0 Å². The Morgan fingerprint density at radius 3 is 2.48 bits per heavy atom. The number of carbonyl (C=O) groups excluding carboxylic acids is 2. The van der Waals surface area contributed by atoms with Crippen molar-refractivity contribution in [1.29, 1.82) is 0 Å². The molecular formula is C18H18N2O3. The minimum absolute atomic E-state index is 0.0258. The van der Waals surface area contributed by atoms with Crippen molar-refractivity contribution in [1.82, 2.24) is 0 Å². The maximum atomic E-state index is 12.5. The summed E-state index contributed by atoms with van der Waals surface area (Å²) in [5.41, 5.74) is 1.60. The van der Waals surface area contributed by atoms with Gasteiger partial charge in [0.2, 0.25) is 5.91 Å². The number of nitrogens with one attached hydrogen (secondary N) is 1. The van der Waals surface area contributed by atoms with E-state index in [9.17, 15) is 9.59 Å². The van der Waals surface area contributed by atoms with Crippen molar-refractivity contribution in [3.63, 3.8) is 0 Å². The van der Waals surface area contributed by atoms with Gasteiger partial charge < -0.3 is 15.0 Å². The van der Waals surface area contributed by atoms with Crippen LogP contribution < -0.4 is 15.0 Å². The van der Waals surface area contributed by atoms with Crippen LogP contribution in [0.2, 0.25) is 0 Å². The highest BCUT2D eigenvalue weighted by molar-refractivity contribution is 5.99. The molecule has 3 rings (SSSR count). The minimum Gasteiger partial charge on any atom is -0.481 e. The van der Waals surface area contributed by atoms with Gasteiger partial charge in [0.1, 0.15) is 5.75 Å². The first-order chi connectivity index (χ1) is 11.1. The molecule has 1 aliphatic heterocycles. The van der Waals surface area contributed by atoms with Crippen molar-refractivity contribution in [3.8, 4) is 5.75 Å². The summed E-state index contributed by atoms with van der Waals surface area (Å²) < 4.78 is 5.80. The van der Waals surface area contributed by atoms with Gasteiger partial charge in [-0.05, 0) is 36.4 Å². The van der Waals surface area contributed by atoms with E-state index in [1.807, 2.05) is 30.3 Å². The second kappa shape index (κ2) is 6.52. The second-order valence-corrected chi connectivity index (χ2v) is 5.43. The SMILES string of the molecule is CC(=O)Nc1ccc(O[C@@H]2CCN(c3ccccc3)C2=O)cc1. The Bertz CT molecular complexity index is 698. The van der Waals surface area contributed by atoms with Crippen LogP contribution in [0.4, 0.5) is 11.4 Å². The molecule has 1 aliphatic rings. The fourth-order valence-electron chi connectivity index (χ4n) is 2.61. The third kappa shape index (κ3) is 3.51. The predicted molar refractivity (Wildman–Crippen MR) is 88.6 cm³/mol. The zero-order chi connectivity index (χ0) is 16.2. The van der Waals surface area contributed by atoms with E-state index in [1.165, 1.54) is 6.92 Å². The summed E-state index contributed by atoms with van der Waals surface area (Å²) in [6.07, 6.45) is 0.183. The van der Waals surface area contributed by atoms with Gasteiger partial charge in [-0.3, -0.25) is 9.59 Å². The van der Waals surface area contributed by atoms with Gasteiger partial charge in [0.15, 0.2) is 6.10 Å². The average molecular weight is 310 g/mol. The number of benzene rings is 2. The molecule has 0 bridgehead atoms. The first-order valence-electron chi connectivity index (χ1n) is 7.54. The van der Waals surface area contributed by atoms with E-state index in [0.717, 1.165) is 5.69 Å². The van der Waals surface area contributed by atoms with Gasteiger partial charge in [-0.1, -0.05) is 18.2 Å². The Morgan fingerprint density at radius 1 is 1.13 bits per heavy atom. The zero-order valence-corrected chi connectivity index (χ0v) is 12.9. The predicted octanol–water partition coefficient (Wildman–Crippen LogP) is 2.83. The summed E-state index contributed by atoms with van der Waals surface area (Å²) in [5.74, 6) is 0.470. The zero-order valence-electron chi connectivity index (χ0n) is 12.9. The first kappa shape index (κ1) is 15.1. The Morgan fingerprint density at radius 2 is 1.83 bits per heavy atom. The van der Waals surface area contributed by atoms with Crippen LogP contribution in [0.1, 0.15) is 13.3 Å². The molecule has 5 nitrogen and oxygen atoms in total. The molecule has 1 atom stereocenters. The van der Waals surface area contributed by atoms with E-state index in [4.69, 9.17) is 4.74 Å². The number of nitrogens with zero attached hydrogens (tertiary/aromatic N) is 1. The van der Waals surface area contributed by atoms with Crippen LogP contribution in [0.5, 0.6) is 5.75 Å². The number of hydrogen-bond acceptors (Lipinski definition) is 3. The summed E-state index contributed by atoms with van der Waals surface area (Å²) in [7, 11) is 0. The van der Waals surface area contributed by atoms with E-state index >= 15 is 0 Å². The Labute approximate surface area is 134 Å². The Balaban J connectivity index is 1.65. The molecule has 0 saturated carbocycles. The molecule has 0 unspecified atom stereocenters. The third-order valence-corrected chi connectivity index (χ3v) is 3.68. The summed E-state index contributed by atoms with van der Waals surface area (Å²) in [6.45, 7) is 2.11. The highest BCUT2D eigenvalue weighted by atomic mass is 16.5. The molecule has 118 valence electrons. The van der Waals surface area contributed by atoms with Gasteiger partial charge in [0.25, 0.3) is 5.91 Å². The number of anilines is 2. The number of para-hydroxylation sites is 1. The van der Waals surface area contributed by atoms with Crippen molar-refractivity contribution in [2.75, 3.05) is 16.8 Å². The molecule has 5 heteroatoms. The van der Waals surface area contributed by atoms with Gasteiger partial charge in [-0.15, -0.1) is 0 Å². The van der Waals surface area contributed by atoms with Crippen molar-refractivity contribution < 1.29 is 14.3 Å². The topological polar surface area (TPSA) is 58.6 Å². The molecule has 0 radical (unpaired) electrons. The largest absolute Gasteiger partial charge is 0.481 e. The molecular weight excluding hydrogens is 292 g/mol. The number of amides is 2. The smallest absolute Gasteiger partial charge is 0.268 e. The van der Waals surface area contributed by atoms with Gasteiger partial charge in [0, 0.05) is 31.3 Å². The van der Waals surface area contributed by atoms with Gasteiger partial charge >= 0.3 is 0 Å². The lowest BCUT2D eigenvalue weighted by Crippen LogP contribution is -2.32. The van der Waals surface area contributed by atoms with E-state index in [1.54, 1.807) is 29.2 Å². The lowest BCUT2D eigenvalue weighted by atomic mass is 10.2. The first-order valence-corrected chi connectivity index (χ1v) is 7.54. The molecule has 1 fully saturated rings. The van der Waals surface area contributed by atoms with E-state index in [-0.39, 0.29) is 11.8 Å². The van der Waals surface area contributed by atoms with E-state index in [2.05, 4.69) is 5.32 Å². The molecule has 0 aromatic heterocycles.